The Labute approximate surface area is 142 Å². The minimum absolute atomic E-state index is 0. The van der Waals surface area contributed by atoms with Crippen LogP contribution in [0.15, 0.2) is 18.2 Å². The van der Waals surface area contributed by atoms with E-state index in [4.69, 9.17) is 23.2 Å². The SMILES string of the molecule is CN(Cc1ccc(Cl)c(Cl)c1)C(=O)CCC1CCNC1.Cl. The lowest BCUT2D eigenvalue weighted by Gasteiger charge is -2.18. The van der Waals surface area contributed by atoms with Crippen molar-refractivity contribution in [3.63, 3.8) is 0 Å². The van der Waals surface area contributed by atoms with Crippen LogP contribution in [0.4, 0.5) is 0 Å². The molecule has 1 heterocycles. The number of hydrogen-bond acceptors (Lipinski definition) is 2. The van der Waals surface area contributed by atoms with Crippen LogP contribution in [0.5, 0.6) is 0 Å². The molecule has 1 fully saturated rings. The van der Waals surface area contributed by atoms with E-state index in [-0.39, 0.29) is 18.3 Å². The first-order chi connectivity index (χ1) is 9.56. The first-order valence-corrected chi connectivity index (χ1v) is 7.70. The topological polar surface area (TPSA) is 32.3 Å². The fraction of sp³-hybridized carbons (Fsp3) is 0.533. The monoisotopic (exact) mass is 350 g/mol. The van der Waals surface area contributed by atoms with Gasteiger partial charge < -0.3 is 10.2 Å². The highest BCUT2D eigenvalue weighted by molar-refractivity contribution is 6.42. The van der Waals surface area contributed by atoms with Crippen LogP contribution >= 0.6 is 35.6 Å². The predicted molar refractivity (Wildman–Crippen MR) is 90.4 cm³/mol. The van der Waals surface area contributed by atoms with Crippen molar-refractivity contribution in [1.29, 1.82) is 0 Å². The molecule has 0 radical (unpaired) electrons. The molecule has 6 heteroatoms. The minimum Gasteiger partial charge on any atom is -0.341 e. The molecule has 0 aliphatic carbocycles. The number of carbonyl (C=O) groups is 1. The predicted octanol–water partition coefficient (Wildman–Crippen LogP) is 3.76. The maximum absolute atomic E-state index is 12.1. The first-order valence-electron chi connectivity index (χ1n) is 6.95. The second-order valence-corrected chi connectivity index (χ2v) is 6.21. The summed E-state index contributed by atoms with van der Waals surface area (Å²) in [4.78, 5) is 13.9. The van der Waals surface area contributed by atoms with Crippen LogP contribution < -0.4 is 5.32 Å². The lowest BCUT2D eigenvalue weighted by molar-refractivity contribution is -0.130. The molecular weight excluding hydrogens is 331 g/mol. The highest BCUT2D eigenvalue weighted by Gasteiger charge is 2.17. The molecule has 0 bridgehead atoms. The van der Waals surface area contributed by atoms with Gasteiger partial charge in [0.2, 0.25) is 5.91 Å². The Morgan fingerprint density at radius 2 is 2.14 bits per heavy atom. The maximum Gasteiger partial charge on any atom is 0.222 e. The summed E-state index contributed by atoms with van der Waals surface area (Å²) in [7, 11) is 1.83. The van der Waals surface area contributed by atoms with E-state index in [0.29, 0.717) is 28.9 Å². The van der Waals surface area contributed by atoms with E-state index in [1.165, 1.54) is 6.42 Å². The number of nitrogens with one attached hydrogen (secondary N) is 1. The van der Waals surface area contributed by atoms with Gasteiger partial charge in [-0.05, 0) is 49.5 Å². The van der Waals surface area contributed by atoms with E-state index in [0.717, 1.165) is 25.1 Å². The molecule has 118 valence electrons. The number of benzene rings is 1. The summed E-state index contributed by atoms with van der Waals surface area (Å²) in [6.07, 6.45) is 2.77. The van der Waals surface area contributed by atoms with Gasteiger partial charge in [0.15, 0.2) is 0 Å². The number of hydrogen-bond donors (Lipinski definition) is 1. The van der Waals surface area contributed by atoms with Crippen LogP contribution in [0.3, 0.4) is 0 Å². The minimum atomic E-state index is 0. The van der Waals surface area contributed by atoms with E-state index in [1.54, 1.807) is 11.0 Å². The summed E-state index contributed by atoms with van der Waals surface area (Å²) in [5.74, 6) is 0.834. The molecule has 2 rings (SSSR count). The third-order valence-electron chi connectivity index (χ3n) is 3.76. The molecule has 1 aromatic rings. The van der Waals surface area contributed by atoms with Crippen LogP contribution in [0.25, 0.3) is 0 Å². The summed E-state index contributed by atoms with van der Waals surface area (Å²) in [5, 5.41) is 4.39. The van der Waals surface area contributed by atoms with Gasteiger partial charge in [0.05, 0.1) is 10.0 Å². The number of rotatable bonds is 5. The first kappa shape index (κ1) is 18.6. The molecule has 1 atom stereocenters. The molecule has 1 aliphatic rings. The lowest BCUT2D eigenvalue weighted by atomic mass is 10.0. The van der Waals surface area contributed by atoms with Crippen LogP contribution in [-0.2, 0) is 11.3 Å². The Balaban J connectivity index is 0.00000220. The molecule has 0 saturated carbocycles. The van der Waals surface area contributed by atoms with Crippen LogP contribution in [-0.4, -0.2) is 30.9 Å². The van der Waals surface area contributed by atoms with E-state index in [1.807, 2.05) is 19.2 Å². The van der Waals surface area contributed by atoms with Gasteiger partial charge in [-0.2, -0.15) is 0 Å². The van der Waals surface area contributed by atoms with Gasteiger partial charge in [0.25, 0.3) is 0 Å². The van der Waals surface area contributed by atoms with E-state index < -0.39 is 0 Å². The average molecular weight is 352 g/mol. The summed E-state index contributed by atoms with van der Waals surface area (Å²) < 4.78 is 0. The van der Waals surface area contributed by atoms with Gasteiger partial charge in [-0.1, -0.05) is 29.3 Å². The molecule has 21 heavy (non-hydrogen) atoms. The Morgan fingerprint density at radius 3 is 2.76 bits per heavy atom. The number of halogens is 3. The van der Waals surface area contributed by atoms with Crippen molar-refractivity contribution in [2.75, 3.05) is 20.1 Å². The summed E-state index contributed by atoms with van der Waals surface area (Å²) in [5.41, 5.74) is 0.998. The van der Waals surface area contributed by atoms with Crippen LogP contribution in [0.2, 0.25) is 10.0 Å². The van der Waals surface area contributed by atoms with Gasteiger partial charge >= 0.3 is 0 Å². The zero-order valence-corrected chi connectivity index (χ0v) is 14.4. The number of nitrogens with zero attached hydrogens (tertiary/aromatic N) is 1. The van der Waals surface area contributed by atoms with Crippen molar-refractivity contribution in [2.45, 2.75) is 25.8 Å². The maximum atomic E-state index is 12.1. The number of amides is 1. The van der Waals surface area contributed by atoms with Gasteiger partial charge in [-0.15, -0.1) is 12.4 Å². The standard InChI is InChI=1S/C15H20Cl2N2O.ClH/c1-19(10-12-2-4-13(16)14(17)8-12)15(20)5-3-11-6-7-18-9-11;/h2,4,8,11,18H,3,5-7,9-10H2,1H3;1H. The third kappa shape index (κ3) is 5.67. The van der Waals surface area contributed by atoms with Crippen molar-refractivity contribution < 1.29 is 4.79 Å². The van der Waals surface area contributed by atoms with E-state index in [2.05, 4.69) is 5.32 Å². The van der Waals surface area contributed by atoms with E-state index >= 15 is 0 Å². The molecule has 1 unspecified atom stereocenters. The summed E-state index contributed by atoms with van der Waals surface area (Å²) in [6, 6.07) is 5.48. The fourth-order valence-electron chi connectivity index (χ4n) is 2.48. The van der Waals surface area contributed by atoms with Crippen LogP contribution in [0, 0.1) is 5.92 Å². The highest BCUT2D eigenvalue weighted by atomic mass is 35.5. The smallest absolute Gasteiger partial charge is 0.222 e. The zero-order valence-electron chi connectivity index (χ0n) is 12.1. The van der Waals surface area contributed by atoms with Gasteiger partial charge in [0.1, 0.15) is 0 Å². The van der Waals surface area contributed by atoms with Gasteiger partial charge in [-0.3, -0.25) is 4.79 Å². The molecule has 3 nitrogen and oxygen atoms in total. The molecule has 1 aliphatic heterocycles. The third-order valence-corrected chi connectivity index (χ3v) is 4.50. The second-order valence-electron chi connectivity index (χ2n) is 5.40. The lowest BCUT2D eigenvalue weighted by Crippen LogP contribution is -2.26. The fourth-order valence-corrected chi connectivity index (χ4v) is 2.80. The molecule has 1 amide bonds. The molecule has 0 spiro atoms. The van der Waals surface area contributed by atoms with Crippen molar-refractivity contribution in [1.82, 2.24) is 10.2 Å². The molecular formula is C15H21Cl3N2O. The number of carbonyl (C=O) groups excluding carboxylic acids is 1. The van der Waals surface area contributed by atoms with E-state index in [9.17, 15) is 4.79 Å². The van der Waals surface area contributed by atoms with Crippen molar-refractivity contribution >= 4 is 41.5 Å². The molecule has 1 aromatic carbocycles. The van der Waals surface area contributed by atoms with Gasteiger partial charge in [-0.25, -0.2) is 0 Å². The zero-order chi connectivity index (χ0) is 14.5. The van der Waals surface area contributed by atoms with Gasteiger partial charge in [0, 0.05) is 20.0 Å². The second kappa shape index (κ2) is 8.84. The quantitative estimate of drug-likeness (QED) is 0.876. The van der Waals surface area contributed by atoms with Crippen molar-refractivity contribution in [2.24, 2.45) is 5.92 Å². The Bertz CT molecular complexity index is 476. The van der Waals surface area contributed by atoms with Crippen molar-refractivity contribution in [3.8, 4) is 0 Å². The Morgan fingerprint density at radius 1 is 1.38 bits per heavy atom. The average Bonchev–Trinajstić information content (AvgIpc) is 2.93. The molecule has 0 aromatic heterocycles. The summed E-state index contributed by atoms with van der Waals surface area (Å²) in [6.45, 7) is 2.69. The van der Waals surface area contributed by atoms with Crippen LogP contribution in [0.1, 0.15) is 24.8 Å². The normalized spacial score (nSPS) is 17.4. The largest absolute Gasteiger partial charge is 0.341 e. The molecule has 1 N–H and O–H groups in total. The Hall–Kier alpha value is -0.480. The highest BCUT2D eigenvalue weighted by Crippen LogP contribution is 2.23. The summed E-state index contributed by atoms with van der Waals surface area (Å²) >= 11 is 11.9. The van der Waals surface area contributed by atoms with Crippen molar-refractivity contribution in [3.05, 3.63) is 33.8 Å². The molecule has 1 saturated heterocycles. The Kier molecular flexibility index (Phi) is 7.82.